The van der Waals surface area contributed by atoms with Crippen molar-refractivity contribution < 1.29 is 9.13 Å². The van der Waals surface area contributed by atoms with Gasteiger partial charge in [-0.25, -0.2) is 4.39 Å². The molecule has 0 saturated carbocycles. The summed E-state index contributed by atoms with van der Waals surface area (Å²) in [7, 11) is 0. The summed E-state index contributed by atoms with van der Waals surface area (Å²) in [5.41, 5.74) is 7.13. The maximum atomic E-state index is 12.9. The summed E-state index contributed by atoms with van der Waals surface area (Å²) in [5.74, 6) is -0.209. The zero-order chi connectivity index (χ0) is 12.3. The molecule has 1 aliphatic heterocycles. The molecule has 1 saturated heterocycles. The number of ether oxygens (including phenoxy) is 1. The fraction of sp³-hybridized carbons (Fsp3) is 0.538. The van der Waals surface area contributed by atoms with Gasteiger partial charge in [0.25, 0.3) is 0 Å². The Hall–Kier alpha value is -0.970. The minimum Gasteiger partial charge on any atom is -0.379 e. The van der Waals surface area contributed by atoms with E-state index in [1.165, 1.54) is 12.1 Å². The molecule has 2 unspecified atom stereocenters. The SMILES string of the molecule is CC(N)C(c1ccc(F)cc1)N1CCOCC1. The maximum Gasteiger partial charge on any atom is 0.123 e. The van der Waals surface area contributed by atoms with Gasteiger partial charge in [-0.15, -0.1) is 0 Å². The first-order valence-electron chi connectivity index (χ1n) is 6.01. The maximum absolute atomic E-state index is 12.9. The molecule has 2 N–H and O–H groups in total. The highest BCUT2D eigenvalue weighted by molar-refractivity contribution is 5.21. The van der Waals surface area contributed by atoms with Crippen molar-refractivity contribution in [3.63, 3.8) is 0 Å². The minimum absolute atomic E-state index is 0.0126. The second-order valence-electron chi connectivity index (χ2n) is 4.50. The summed E-state index contributed by atoms with van der Waals surface area (Å²) < 4.78 is 18.3. The fourth-order valence-electron chi connectivity index (χ4n) is 2.36. The van der Waals surface area contributed by atoms with E-state index >= 15 is 0 Å². The zero-order valence-corrected chi connectivity index (χ0v) is 10.1. The Balaban J connectivity index is 2.18. The molecule has 0 spiro atoms. The van der Waals surface area contributed by atoms with Crippen LogP contribution in [0.5, 0.6) is 0 Å². The van der Waals surface area contributed by atoms with Gasteiger partial charge in [-0.1, -0.05) is 12.1 Å². The molecule has 0 aliphatic carbocycles. The van der Waals surface area contributed by atoms with E-state index in [0.717, 1.165) is 31.9 Å². The van der Waals surface area contributed by atoms with Crippen LogP contribution in [-0.4, -0.2) is 37.2 Å². The van der Waals surface area contributed by atoms with E-state index < -0.39 is 0 Å². The topological polar surface area (TPSA) is 38.5 Å². The predicted molar refractivity (Wildman–Crippen MR) is 65.2 cm³/mol. The van der Waals surface area contributed by atoms with Crippen molar-refractivity contribution in [2.75, 3.05) is 26.3 Å². The summed E-state index contributed by atoms with van der Waals surface area (Å²) in [6.45, 7) is 5.23. The molecular formula is C13H19FN2O. The number of rotatable bonds is 3. The van der Waals surface area contributed by atoms with E-state index in [1.54, 1.807) is 0 Å². The molecule has 0 aromatic heterocycles. The highest BCUT2D eigenvalue weighted by Gasteiger charge is 2.25. The molecule has 0 bridgehead atoms. The summed E-state index contributed by atoms with van der Waals surface area (Å²) in [6.07, 6.45) is 0. The van der Waals surface area contributed by atoms with Gasteiger partial charge in [-0.2, -0.15) is 0 Å². The zero-order valence-electron chi connectivity index (χ0n) is 10.1. The number of morpholine rings is 1. The number of halogens is 1. The van der Waals surface area contributed by atoms with Gasteiger partial charge in [0, 0.05) is 25.2 Å². The first-order chi connectivity index (χ1) is 8.18. The lowest BCUT2D eigenvalue weighted by Crippen LogP contribution is -2.45. The van der Waals surface area contributed by atoms with Gasteiger partial charge >= 0.3 is 0 Å². The lowest BCUT2D eigenvalue weighted by atomic mass is 9.99. The second kappa shape index (κ2) is 5.58. The number of hydrogen-bond acceptors (Lipinski definition) is 3. The van der Waals surface area contributed by atoms with E-state index in [-0.39, 0.29) is 17.9 Å². The molecule has 2 atom stereocenters. The molecule has 3 nitrogen and oxygen atoms in total. The van der Waals surface area contributed by atoms with Crippen LogP contribution in [0.25, 0.3) is 0 Å². The Bertz CT molecular complexity index is 347. The van der Waals surface area contributed by atoms with Crippen molar-refractivity contribution >= 4 is 0 Å². The second-order valence-corrected chi connectivity index (χ2v) is 4.50. The van der Waals surface area contributed by atoms with Crippen LogP contribution in [0, 0.1) is 5.82 Å². The fourth-order valence-corrected chi connectivity index (χ4v) is 2.36. The molecular weight excluding hydrogens is 219 g/mol. The molecule has 0 radical (unpaired) electrons. The van der Waals surface area contributed by atoms with Crippen LogP contribution in [0.3, 0.4) is 0 Å². The van der Waals surface area contributed by atoms with E-state index in [1.807, 2.05) is 19.1 Å². The molecule has 1 aromatic carbocycles. The predicted octanol–water partition coefficient (Wildman–Crippen LogP) is 1.55. The average molecular weight is 238 g/mol. The van der Waals surface area contributed by atoms with Crippen molar-refractivity contribution in [3.8, 4) is 0 Å². The van der Waals surface area contributed by atoms with Crippen molar-refractivity contribution in [3.05, 3.63) is 35.6 Å². The van der Waals surface area contributed by atoms with Gasteiger partial charge in [-0.3, -0.25) is 4.90 Å². The lowest BCUT2D eigenvalue weighted by Gasteiger charge is -2.37. The summed E-state index contributed by atoms with van der Waals surface area (Å²) >= 11 is 0. The van der Waals surface area contributed by atoms with Crippen LogP contribution in [-0.2, 0) is 4.74 Å². The van der Waals surface area contributed by atoms with Crippen molar-refractivity contribution in [2.24, 2.45) is 5.73 Å². The molecule has 0 amide bonds. The van der Waals surface area contributed by atoms with Crippen LogP contribution in [0.15, 0.2) is 24.3 Å². The lowest BCUT2D eigenvalue weighted by molar-refractivity contribution is 0.0116. The first kappa shape index (κ1) is 12.5. The highest BCUT2D eigenvalue weighted by Crippen LogP contribution is 2.24. The number of hydrogen-bond donors (Lipinski definition) is 1. The highest BCUT2D eigenvalue weighted by atomic mass is 19.1. The third-order valence-electron chi connectivity index (χ3n) is 3.15. The van der Waals surface area contributed by atoms with Gasteiger partial charge in [-0.05, 0) is 24.6 Å². The van der Waals surface area contributed by atoms with Crippen LogP contribution in [0.4, 0.5) is 4.39 Å². The van der Waals surface area contributed by atoms with Gasteiger partial charge in [0.1, 0.15) is 5.82 Å². The van der Waals surface area contributed by atoms with Gasteiger partial charge < -0.3 is 10.5 Å². The Morgan fingerprint density at radius 1 is 1.24 bits per heavy atom. The first-order valence-corrected chi connectivity index (χ1v) is 6.01. The van der Waals surface area contributed by atoms with Gasteiger partial charge in [0.15, 0.2) is 0 Å². The largest absolute Gasteiger partial charge is 0.379 e. The van der Waals surface area contributed by atoms with E-state index in [2.05, 4.69) is 4.90 Å². The third kappa shape index (κ3) is 3.03. The normalized spacial score (nSPS) is 21.1. The van der Waals surface area contributed by atoms with Crippen molar-refractivity contribution in [1.82, 2.24) is 4.90 Å². The number of nitrogens with two attached hydrogens (primary N) is 1. The number of benzene rings is 1. The summed E-state index contributed by atoms with van der Waals surface area (Å²) in [6, 6.07) is 6.77. The van der Waals surface area contributed by atoms with Crippen molar-refractivity contribution in [1.29, 1.82) is 0 Å². The number of nitrogens with zero attached hydrogens (tertiary/aromatic N) is 1. The van der Waals surface area contributed by atoms with E-state index in [4.69, 9.17) is 10.5 Å². The minimum atomic E-state index is -0.209. The smallest absolute Gasteiger partial charge is 0.123 e. The van der Waals surface area contributed by atoms with Crippen LogP contribution < -0.4 is 5.73 Å². The van der Waals surface area contributed by atoms with E-state index in [0.29, 0.717) is 0 Å². The average Bonchev–Trinajstić information content (AvgIpc) is 2.33. The summed E-state index contributed by atoms with van der Waals surface area (Å²) in [5, 5.41) is 0. The molecule has 1 aromatic rings. The molecule has 1 fully saturated rings. The summed E-state index contributed by atoms with van der Waals surface area (Å²) in [4.78, 5) is 2.31. The monoisotopic (exact) mass is 238 g/mol. The van der Waals surface area contributed by atoms with Gasteiger partial charge in [0.2, 0.25) is 0 Å². The van der Waals surface area contributed by atoms with Crippen molar-refractivity contribution in [2.45, 2.75) is 19.0 Å². The molecule has 2 rings (SSSR count). The Labute approximate surface area is 101 Å². The molecule has 17 heavy (non-hydrogen) atoms. The molecule has 94 valence electrons. The van der Waals surface area contributed by atoms with E-state index in [9.17, 15) is 4.39 Å². The Morgan fingerprint density at radius 2 is 1.82 bits per heavy atom. The molecule has 1 aliphatic rings. The molecule has 4 heteroatoms. The van der Waals surface area contributed by atoms with Crippen LogP contribution >= 0.6 is 0 Å². The van der Waals surface area contributed by atoms with Gasteiger partial charge in [0.05, 0.1) is 13.2 Å². The van der Waals surface area contributed by atoms with Crippen LogP contribution in [0.2, 0.25) is 0 Å². The molecule has 1 heterocycles. The Kier molecular flexibility index (Phi) is 4.10. The Morgan fingerprint density at radius 3 is 2.35 bits per heavy atom. The third-order valence-corrected chi connectivity index (χ3v) is 3.15. The quantitative estimate of drug-likeness (QED) is 0.868. The standard InChI is InChI=1S/C13H19FN2O/c1-10(15)13(16-6-8-17-9-7-16)11-2-4-12(14)5-3-11/h2-5,10,13H,6-9,15H2,1H3. The van der Waals surface area contributed by atoms with Crippen LogP contribution in [0.1, 0.15) is 18.5 Å².